The Labute approximate surface area is 170 Å². The number of aromatic nitrogens is 3. The number of methoxy groups -OCH3 is 1. The fourth-order valence-electron chi connectivity index (χ4n) is 3.40. The van der Waals surface area contributed by atoms with Crippen molar-refractivity contribution in [2.24, 2.45) is 0 Å². The largest absolute Gasteiger partial charge is 0.497 e. The molecule has 1 N–H and O–H groups in total. The van der Waals surface area contributed by atoms with E-state index < -0.39 is 0 Å². The first-order valence-electron chi connectivity index (χ1n) is 9.78. The summed E-state index contributed by atoms with van der Waals surface area (Å²) in [6.07, 6.45) is 7.65. The number of nitrogens with one attached hydrogen (secondary N) is 1. The van der Waals surface area contributed by atoms with Gasteiger partial charge in [0.05, 0.1) is 12.4 Å². The maximum Gasteiger partial charge on any atom is 0.233 e. The number of nitrogens with zero attached hydrogens (tertiary/aromatic N) is 3. The predicted octanol–water partition coefficient (Wildman–Crippen LogP) is 4.07. The number of hydrogen-bond donors (Lipinski definition) is 1. The van der Waals surface area contributed by atoms with Gasteiger partial charge in [-0.3, -0.25) is 9.36 Å². The van der Waals surface area contributed by atoms with E-state index >= 15 is 0 Å². The third-order valence-corrected chi connectivity index (χ3v) is 6.06. The van der Waals surface area contributed by atoms with Crippen LogP contribution in [0, 0.1) is 0 Å². The van der Waals surface area contributed by atoms with Crippen LogP contribution in [0.1, 0.15) is 39.0 Å². The molecule has 1 saturated carbocycles. The molecule has 3 rings (SSSR count). The summed E-state index contributed by atoms with van der Waals surface area (Å²) >= 11 is 1.43. The number of benzene rings is 1. The number of carbonyl (C=O) groups excluding carboxylic acids is 1. The van der Waals surface area contributed by atoms with Gasteiger partial charge >= 0.3 is 0 Å². The molecule has 1 aliphatic rings. The third kappa shape index (κ3) is 4.95. The minimum atomic E-state index is -0.238. The van der Waals surface area contributed by atoms with E-state index in [4.69, 9.17) is 4.74 Å². The third-order valence-electron chi connectivity index (χ3n) is 4.98. The molecule has 0 radical (unpaired) electrons. The van der Waals surface area contributed by atoms with Crippen LogP contribution in [0.4, 0.5) is 0 Å². The summed E-state index contributed by atoms with van der Waals surface area (Å²) in [5.41, 5.74) is 0.946. The van der Waals surface area contributed by atoms with Gasteiger partial charge < -0.3 is 10.1 Å². The lowest BCUT2D eigenvalue weighted by Gasteiger charge is -2.24. The molecular weight excluding hydrogens is 372 g/mol. The van der Waals surface area contributed by atoms with Crippen molar-refractivity contribution in [3.63, 3.8) is 0 Å². The van der Waals surface area contributed by atoms with Crippen LogP contribution in [0.25, 0.3) is 11.4 Å². The van der Waals surface area contributed by atoms with Crippen LogP contribution in [-0.2, 0) is 11.3 Å². The molecule has 28 heavy (non-hydrogen) atoms. The van der Waals surface area contributed by atoms with Crippen molar-refractivity contribution in [3.8, 4) is 17.1 Å². The normalized spacial score (nSPS) is 15.8. The highest BCUT2D eigenvalue weighted by Crippen LogP contribution is 2.28. The zero-order valence-electron chi connectivity index (χ0n) is 16.6. The van der Waals surface area contributed by atoms with Crippen LogP contribution in [0.3, 0.4) is 0 Å². The van der Waals surface area contributed by atoms with E-state index in [1.54, 1.807) is 7.11 Å². The maximum atomic E-state index is 12.6. The van der Waals surface area contributed by atoms with Gasteiger partial charge in [-0.2, -0.15) is 0 Å². The smallest absolute Gasteiger partial charge is 0.233 e. The first-order valence-corrected chi connectivity index (χ1v) is 10.7. The monoisotopic (exact) mass is 400 g/mol. The molecule has 0 bridgehead atoms. The summed E-state index contributed by atoms with van der Waals surface area (Å²) in [7, 11) is 1.64. The van der Waals surface area contributed by atoms with E-state index in [1.165, 1.54) is 31.0 Å². The van der Waals surface area contributed by atoms with Gasteiger partial charge in [0.2, 0.25) is 5.91 Å². The number of carbonyl (C=O) groups is 1. The van der Waals surface area contributed by atoms with Gasteiger partial charge in [-0.1, -0.05) is 37.1 Å². The quantitative estimate of drug-likeness (QED) is 0.534. The molecule has 1 aromatic heterocycles. The number of thioether (sulfide) groups is 1. The van der Waals surface area contributed by atoms with E-state index in [0.29, 0.717) is 12.6 Å². The van der Waals surface area contributed by atoms with E-state index in [9.17, 15) is 4.79 Å². The SMILES string of the molecule is C=CCn1c(SC(C)C(=O)NC2CCCCC2)nnc1-c1ccc(OC)cc1. The van der Waals surface area contributed by atoms with Crippen LogP contribution in [0.5, 0.6) is 5.75 Å². The Morgan fingerprint density at radius 1 is 1.32 bits per heavy atom. The minimum Gasteiger partial charge on any atom is -0.497 e. The van der Waals surface area contributed by atoms with Gasteiger partial charge in [0, 0.05) is 18.2 Å². The first kappa shape index (κ1) is 20.5. The summed E-state index contributed by atoms with van der Waals surface area (Å²) in [6.45, 7) is 6.34. The van der Waals surface area contributed by atoms with Gasteiger partial charge in [0.25, 0.3) is 0 Å². The van der Waals surface area contributed by atoms with Crippen molar-refractivity contribution in [2.45, 2.75) is 62.0 Å². The van der Waals surface area contributed by atoms with Gasteiger partial charge in [-0.15, -0.1) is 16.8 Å². The van der Waals surface area contributed by atoms with Crippen molar-refractivity contribution in [2.75, 3.05) is 7.11 Å². The molecule has 0 spiro atoms. The molecular formula is C21H28N4O2S. The predicted molar refractivity (Wildman–Crippen MR) is 113 cm³/mol. The zero-order valence-corrected chi connectivity index (χ0v) is 17.4. The van der Waals surface area contributed by atoms with Crippen LogP contribution < -0.4 is 10.1 Å². The number of ether oxygens (including phenoxy) is 1. The number of rotatable bonds is 8. The molecule has 1 aromatic carbocycles. The van der Waals surface area contributed by atoms with Crippen molar-refractivity contribution in [1.82, 2.24) is 20.1 Å². The van der Waals surface area contributed by atoms with Gasteiger partial charge in [0.1, 0.15) is 5.75 Å². The Balaban J connectivity index is 1.72. The highest BCUT2D eigenvalue weighted by Gasteiger charge is 2.23. The summed E-state index contributed by atoms with van der Waals surface area (Å²) in [6, 6.07) is 8.02. The molecule has 0 aliphatic heterocycles. The first-order chi connectivity index (χ1) is 13.6. The van der Waals surface area contributed by atoms with Crippen LogP contribution in [0.2, 0.25) is 0 Å². The highest BCUT2D eigenvalue weighted by molar-refractivity contribution is 8.00. The number of amides is 1. The van der Waals surface area contributed by atoms with E-state index in [-0.39, 0.29) is 11.2 Å². The maximum absolute atomic E-state index is 12.6. The lowest BCUT2D eigenvalue weighted by Crippen LogP contribution is -2.40. The minimum absolute atomic E-state index is 0.0658. The summed E-state index contributed by atoms with van der Waals surface area (Å²) < 4.78 is 7.21. The van der Waals surface area contributed by atoms with Crippen molar-refractivity contribution in [1.29, 1.82) is 0 Å². The second kappa shape index (κ2) is 9.78. The number of hydrogen-bond acceptors (Lipinski definition) is 5. The molecule has 2 aromatic rings. The van der Waals surface area contributed by atoms with Crippen molar-refractivity contribution >= 4 is 17.7 Å². The number of allylic oxidation sites excluding steroid dienone is 1. The Bertz CT molecular complexity index is 797. The molecule has 1 atom stereocenters. The fourth-order valence-corrected chi connectivity index (χ4v) is 4.27. The lowest BCUT2D eigenvalue weighted by molar-refractivity contribution is -0.121. The molecule has 1 heterocycles. The molecule has 1 amide bonds. The van der Waals surface area contributed by atoms with Gasteiger partial charge in [-0.05, 0) is 44.0 Å². The Hall–Kier alpha value is -2.28. The van der Waals surface area contributed by atoms with Crippen LogP contribution >= 0.6 is 11.8 Å². The second-order valence-electron chi connectivity index (χ2n) is 7.04. The molecule has 0 saturated heterocycles. The van der Waals surface area contributed by atoms with E-state index in [2.05, 4.69) is 22.1 Å². The summed E-state index contributed by atoms with van der Waals surface area (Å²) in [5, 5.41) is 12.4. The standard InChI is InChI=1S/C21H28N4O2S/c1-4-14-25-19(16-10-12-18(27-3)13-11-16)23-24-21(25)28-15(2)20(26)22-17-8-6-5-7-9-17/h4,10-13,15,17H,1,5-9,14H2,2-3H3,(H,22,26). The Morgan fingerprint density at radius 2 is 2.04 bits per heavy atom. The average Bonchev–Trinajstić information content (AvgIpc) is 3.11. The van der Waals surface area contributed by atoms with Crippen molar-refractivity contribution in [3.05, 3.63) is 36.9 Å². The summed E-state index contributed by atoms with van der Waals surface area (Å²) in [5.74, 6) is 1.61. The fraction of sp³-hybridized carbons (Fsp3) is 0.476. The van der Waals surface area contributed by atoms with Crippen LogP contribution in [-0.4, -0.2) is 39.1 Å². The van der Waals surface area contributed by atoms with Crippen molar-refractivity contribution < 1.29 is 9.53 Å². The lowest BCUT2D eigenvalue weighted by atomic mass is 9.95. The van der Waals surface area contributed by atoms with Crippen LogP contribution in [0.15, 0.2) is 42.1 Å². The topological polar surface area (TPSA) is 69.0 Å². The molecule has 1 aliphatic carbocycles. The summed E-state index contributed by atoms with van der Waals surface area (Å²) in [4.78, 5) is 12.6. The highest BCUT2D eigenvalue weighted by atomic mass is 32.2. The molecule has 1 fully saturated rings. The Morgan fingerprint density at radius 3 is 2.68 bits per heavy atom. The average molecular weight is 401 g/mol. The second-order valence-corrected chi connectivity index (χ2v) is 8.35. The van der Waals surface area contributed by atoms with Gasteiger partial charge in [0.15, 0.2) is 11.0 Å². The zero-order chi connectivity index (χ0) is 19.9. The molecule has 1 unspecified atom stereocenters. The van der Waals surface area contributed by atoms with Gasteiger partial charge in [-0.25, -0.2) is 0 Å². The Kier molecular flexibility index (Phi) is 7.14. The van der Waals surface area contributed by atoms with E-state index in [0.717, 1.165) is 35.1 Å². The van der Waals surface area contributed by atoms with E-state index in [1.807, 2.05) is 41.8 Å². The molecule has 7 heteroatoms. The molecule has 6 nitrogen and oxygen atoms in total. The molecule has 150 valence electrons.